The third-order valence-electron chi connectivity index (χ3n) is 3.08. The fourth-order valence-corrected chi connectivity index (χ4v) is 3.57. The van der Waals surface area contributed by atoms with E-state index in [9.17, 15) is 4.57 Å². The lowest BCUT2D eigenvalue weighted by Gasteiger charge is -2.24. The average molecular weight is 299 g/mol. The van der Waals surface area contributed by atoms with Crippen LogP contribution in [0.2, 0.25) is 0 Å². The first-order chi connectivity index (χ1) is 9.24. The Labute approximate surface area is 122 Å². The zero-order valence-electron chi connectivity index (χ0n) is 13.1. The first kappa shape index (κ1) is 17.4. The molecule has 0 saturated heterocycles. The van der Waals surface area contributed by atoms with Gasteiger partial charge in [-0.3, -0.25) is 4.57 Å². The maximum absolute atomic E-state index is 12.6. The number of hydrogen-bond donors (Lipinski definition) is 1. The van der Waals surface area contributed by atoms with Crippen LogP contribution in [0.3, 0.4) is 0 Å². The largest absolute Gasteiger partial charge is 0.351 e. The van der Waals surface area contributed by atoms with Crippen molar-refractivity contribution in [3.63, 3.8) is 0 Å². The van der Waals surface area contributed by atoms with Gasteiger partial charge in [0.1, 0.15) is 5.78 Å². The van der Waals surface area contributed by atoms with Gasteiger partial charge in [-0.1, -0.05) is 45.0 Å². The molecule has 0 aliphatic carbocycles. The van der Waals surface area contributed by atoms with E-state index in [1.165, 1.54) is 5.56 Å². The van der Waals surface area contributed by atoms with Crippen LogP contribution >= 0.6 is 7.60 Å². The molecule has 1 aromatic rings. The molecule has 0 saturated carbocycles. The monoisotopic (exact) mass is 299 g/mol. The number of nitrogens with two attached hydrogens (primary N) is 1. The normalized spacial score (nSPS) is 14.3. The van der Waals surface area contributed by atoms with E-state index in [0.29, 0.717) is 13.2 Å². The highest BCUT2D eigenvalue weighted by Gasteiger charge is 2.33. The molecule has 0 heterocycles. The van der Waals surface area contributed by atoms with E-state index in [2.05, 4.69) is 20.8 Å². The lowest BCUT2D eigenvalue weighted by molar-refractivity contribution is 0.212. The molecule has 0 radical (unpaired) electrons. The molecule has 0 spiro atoms. The van der Waals surface area contributed by atoms with Crippen LogP contribution in [0.25, 0.3) is 0 Å². The van der Waals surface area contributed by atoms with Gasteiger partial charge in [-0.2, -0.15) is 0 Å². The Morgan fingerprint density at radius 2 is 1.55 bits per heavy atom. The minimum Gasteiger partial charge on any atom is -0.314 e. The molecular weight excluding hydrogens is 273 g/mol. The molecule has 114 valence electrons. The van der Waals surface area contributed by atoms with Gasteiger partial charge in [-0.25, -0.2) is 0 Å². The van der Waals surface area contributed by atoms with Gasteiger partial charge in [0.2, 0.25) is 0 Å². The Morgan fingerprint density at radius 1 is 1.10 bits per heavy atom. The summed E-state index contributed by atoms with van der Waals surface area (Å²) in [5.74, 6) is -0.753. The molecule has 0 bridgehead atoms. The number of hydrogen-bond acceptors (Lipinski definition) is 4. The summed E-state index contributed by atoms with van der Waals surface area (Å²) in [7, 11) is -3.31. The van der Waals surface area contributed by atoms with Gasteiger partial charge >= 0.3 is 7.60 Å². The van der Waals surface area contributed by atoms with E-state index < -0.39 is 13.4 Å². The van der Waals surface area contributed by atoms with E-state index in [0.717, 1.165) is 5.56 Å². The third kappa shape index (κ3) is 4.16. The Balaban J connectivity index is 3.01. The van der Waals surface area contributed by atoms with Crippen molar-refractivity contribution in [1.29, 1.82) is 0 Å². The number of rotatable bonds is 6. The summed E-state index contributed by atoms with van der Waals surface area (Å²) in [5.41, 5.74) is 8.14. The number of benzene rings is 1. The molecule has 0 aromatic heterocycles. The predicted octanol–water partition coefficient (Wildman–Crippen LogP) is 4.21. The Bertz CT molecular complexity index is 455. The SMILES string of the molecule is CCOP(=O)(OCC)C(N)c1ccc(C(C)(C)C)cc1. The minimum atomic E-state index is -3.31. The highest BCUT2D eigenvalue weighted by atomic mass is 31.2. The van der Waals surface area contributed by atoms with Crippen LogP contribution in [-0.4, -0.2) is 13.2 Å². The fourth-order valence-electron chi connectivity index (χ4n) is 1.92. The zero-order chi connectivity index (χ0) is 15.4. The molecule has 1 unspecified atom stereocenters. The highest BCUT2D eigenvalue weighted by Crippen LogP contribution is 2.58. The summed E-state index contributed by atoms with van der Waals surface area (Å²) in [6.45, 7) is 10.6. The second-order valence-electron chi connectivity index (χ2n) is 5.69. The smallest absolute Gasteiger partial charge is 0.314 e. The van der Waals surface area contributed by atoms with Crippen LogP contribution in [0.15, 0.2) is 24.3 Å². The molecule has 4 nitrogen and oxygen atoms in total. The van der Waals surface area contributed by atoms with Gasteiger partial charge in [0.25, 0.3) is 0 Å². The van der Waals surface area contributed by atoms with Crippen LogP contribution in [0.5, 0.6) is 0 Å². The molecule has 0 aliphatic rings. The maximum atomic E-state index is 12.6. The van der Waals surface area contributed by atoms with Gasteiger partial charge in [0.05, 0.1) is 13.2 Å². The molecule has 1 rings (SSSR count). The lowest BCUT2D eigenvalue weighted by Crippen LogP contribution is -2.16. The molecular formula is C15H26NO3P. The van der Waals surface area contributed by atoms with Crippen molar-refractivity contribution in [2.45, 2.75) is 45.8 Å². The zero-order valence-corrected chi connectivity index (χ0v) is 13.9. The van der Waals surface area contributed by atoms with Crippen LogP contribution in [-0.2, 0) is 19.0 Å². The summed E-state index contributed by atoms with van der Waals surface area (Å²) in [4.78, 5) is 0. The summed E-state index contributed by atoms with van der Waals surface area (Å²) >= 11 is 0. The van der Waals surface area contributed by atoms with Gasteiger partial charge < -0.3 is 14.8 Å². The topological polar surface area (TPSA) is 61.5 Å². The van der Waals surface area contributed by atoms with E-state index >= 15 is 0 Å². The van der Waals surface area contributed by atoms with E-state index in [1.807, 2.05) is 24.3 Å². The van der Waals surface area contributed by atoms with Gasteiger partial charge in [0.15, 0.2) is 0 Å². The molecule has 1 atom stereocenters. The van der Waals surface area contributed by atoms with E-state index in [4.69, 9.17) is 14.8 Å². The quantitative estimate of drug-likeness (QED) is 0.799. The standard InChI is InChI=1S/C15H26NO3P/c1-6-18-20(17,19-7-2)14(16)12-8-10-13(11-9-12)15(3,4)5/h8-11,14H,6-7,16H2,1-5H3. The van der Waals surface area contributed by atoms with E-state index in [-0.39, 0.29) is 5.41 Å². The average Bonchev–Trinajstić information content (AvgIpc) is 2.37. The van der Waals surface area contributed by atoms with Crippen molar-refractivity contribution in [2.24, 2.45) is 5.73 Å². The van der Waals surface area contributed by atoms with Gasteiger partial charge in [-0.05, 0) is 30.4 Å². The molecule has 0 amide bonds. The molecule has 5 heteroatoms. The van der Waals surface area contributed by atoms with Crippen molar-refractivity contribution in [2.75, 3.05) is 13.2 Å². The minimum absolute atomic E-state index is 0.0756. The Morgan fingerprint density at radius 3 is 1.90 bits per heavy atom. The van der Waals surface area contributed by atoms with Crippen molar-refractivity contribution in [1.82, 2.24) is 0 Å². The second kappa shape index (κ2) is 6.86. The van der Waals surface area contributed by atoms with Crippen molar-refractivity contribution >= 4 is 7.60 Å². The molecule has 0 aliphatic heterocycles. The van der Waals surface area contributed by atoms with Gasteiger partial charge in [-0.15, -0.1) is 0 Å². The van der Waals surface area contributed by atoms with Crippen LogP contribution in [0.4, 0.5) is 0 Å². The molecule has 0 fully saturated rings. The summed E-state index contributed by atoms with van der Waals surface area (Å²) < 4.78 is 23.2. The van der Waals surface area contributed by atoms with Crippen LogP contribution < -0.4 is 5.73 Å². The van der Waals surface area contributed by atoms with E-state index in [1.54, 1.807) is 13.8 Å². The fraction of sp³-hybridized carbons (Fsp3) is 0.600. The predicted molar refractivity (Wildman–Crippen MR) is 82.9 cm³/mol. The molecule has 2 N–H and O–H groups in total. The summed E-state index contributed by atoms with van der Waals surface area (Å²) in [6.07, 6.45) is 0. The Kier molecular flexibility index (Phi) is 5.96. The van der Waals surface area contributed by atoms with Gasteiger partial charge in [0, 0.05) is 0 Å². The Hall–Kier alpha value is -0.670. The summed E-state index contributed by atoms with van der Waals surface area (Å²) in [6, 6.07) is 7.82. The first-order valence-corrected chi connectivity index (χ1v) is 8.60. The maximum Gasteiger partial charge on any atom is 0.351 e. The third-order valence-corrected chi connectivity index (χ3v) is 5.29. The lowest BCUT2D eigenvalue weighted by atomic mass is 9.87. The molecule has 20 heavy (non-hydrogen) atoms. The van der Waals surface area contributed by atoms with Crippen molar-refractivity contribution < 1.29 is 13.6 Å². The van der Waals surface area contributed by atoms with Crippen LogP contribution in [0.1, 0.15) is 51.5 Å². The highest BCUT2D eigenvalue weighted by molar-refractivity contribution is 7.54. The van der Waals surface area contributed by atoms with Crippen molar-refractivity contribution in [3.05, 3.63) is 35.4 Å². The van der Waals surface area contributed by atoms with Crippen LogP contribution in [0, 0.1) is 0 Å². The second-order valence-corrected chi connectivity index (χ2v) is 7.84. The first-order valence-electron chi connectivity index (χ1n) is 6.99. The summed E-state index contributed by atoms with van der Waals surface area (Å²) in [5, 5.41) is 0. The van der Waals surface area contributed by atoms with Crippen molar-refractivity contribution in [3.8, 4) is 0 Å². The molecule has 1 aromatic carbocycles.